The summed E-state index contributed by atoms with van der Waals surface area (Å²) in [6, 6.07) is 5.43. The van der Waals surface area contributed by atoms with Gasteiger partial charge in [-0.25, -0.2) is 9.50 Å². The Kier molecular flexibility index (Phi) is 4.97. The molecule has 0 bridgehead atoms. The second-order valence-corrected chi connectivity index (χ2v) is 6.57. The topological polar surface area (TPSA) is 92.8 Å². The lowest BCUT2D eigenvalue weighted by Gasteiger charge is -2.31. The summed E-state index contributed by atoms with van der Waals surface area (Å²) in [6.07, 6.45) is 9.04. The molecule has 0 radical (unpaired) electrons. The monoisotopic (exact) mass is 367 g/mol. The van der Waals surface area contributed by atoms with Crippen molar-refractivity contribution in [2.75, 3.05) is 19.7 Å². The summed E-state index contributed by atoms with van der Waals surface area (Å²) in [4.78, 5) is 22.9. The van der Waals surface area contributed by atoms with Gasteiger partial charge in [-0.15, -0.1) is 0 Å². The van der Waals surface area contributed by atoms with Crippen LogP contribution in [0.5, 0.6) is 5.75 Å². The first-order valence-electron chi connectivity index (χ1n) is 9.04. The minimum atomic E-state index is -0.0935. The van der Waals surface area contributed by atoms with Gasteiger partial charge in [-0.05, 0) is 24.1 Å². The Morgan fingerprint density at radius 2 is 2.15 bits per heavy atom. The summed E-state index contributed by atoms with van der Waals surface area (Å²) in [6.45, 7) is 1.30. The number of aromatic nitrogens is 4. The van der Waals surface area contributed by atoms with Gasteiger partial charge >= 0.3 is 0 Å². The SMILES string of the molecule is O=C(c1cc2ncc(CCO)cn2n1)N1CCC(Oc2cccnc2)CC1. The Hall–Kier alpha value is -3.00. The molecule has 4 heterocycles. The number of nitrogens with zero attached hydrogens (tertiary/aromatic N) is 5. The van der Waals surface area contributed by atoms with Crippen LogP contribution in [0.4, 0.5) is 0 Å². The smallest absolute Gasteiger partial charge is 0.274 e. The first-order valence-corrected chi connectivity index (χ1v) is 9.04. The van der Waals surface area contributed by atoms with Crippen molar-refractivity contribution in [2.24, 2.45) is 0 Å². The molecule has 3 aromatic heterocycles. The average Bonchev–Trinajstić information content (AvgIpc) is 3.12. The van der Waals surface area contributed by atoms with E-state index in [1.165, 1.54) is 0 Å². The van der Waals surface area contributed by atoms with E-state index in [1.807, 2.05) is 12.1 Å². The van der Waals surface area contributed by atoms with E-state index < -0.39 is 0 Å². The van der Waals surface area contributed by atoms with Crippen LogP contribution in [0, 0.1) is 0 Å². The molecular weight excluding hydrogens is 346 g/mol. The van der Waals surface area contributed by atoms with Crippen molar-refractivity contribution in [3.63, 3.8) is 0 Å². The maximum atomic E-state index is 12.8. The summed E-state index contributed by atoms with van der Waals surface area (Å²) in [5, 5.41) is 13.4. The van der Waals surface area contributed by atoms with E-state index in [-0.39, 0.29) is 18.6 Å². The lowest BCUT2D eigenvalue weighted by atomic mass is 10.1. The molecule has 3 aromatic rings. The van der Waals surface area contributed by atoms with E-state index in [1.54, 1.807) is 40.3 Å². The van der Waals surface area contributed by atoms with Crippen molar-refractivity contribution in [1.82, 2.24) is 24.5 Å². The summed E-state index contributed by atoms with van der Waals surface area (Å²) < 4.78 is 7.52. The molecule has 0 aromatic carbocycles. The molecule has 8 nitrogen and oxygen atoms in total. The molecule has 1 N–H and O–H groups in total. The highest BCUT2D eigenvalue weighted by molar-refractivity contribution is 5.93. The van der Waals surface area contributed by atoms with Gasteiger partial charge in [0.25, 0.3) is 5.91 Å². The van der Waals surface area contributed by atoms with E-state index in [0.717, 1.165) is 24.2 Å². The summed E-state index contributed by atoms with van der Waals surface area (Å²) in [5.41, 5.74) is 1.88. The molecular formula is C19H21N5O3. The van der Waals surface area contributed by atoms with Crippen LogP contribution in [0.3, 0.4) is 0 Å². The van der Waals surface area contributed by atoms with Crippen molar-refractivity contribution in [2.45, 2.75) is 25.4 Å². The molecule has 4 rings (SSSR count). The number of carbonyl (C=O) groups is 1. The molecule has 1 saturated heterocycles. The molecule has 1 aliphatic rings. The quantitative estimate of drug-likeness (QED) is 0.732. The number of hydrogen-bond acceptors (Lipinski definition) is 6. The maximum absolute atomic E-state index is 12.8. The number of ether oxygens (including phenoxy) is 1. The van der Waals surface area contributed by atoms with Gasteiger partial charge in [0.15, 0.2) is 11.3 Å². The van der Waals surface area contributed by atoms with Gasteiger partial charge in [-0.2, -0.15) is 5.10 Å². The van der Waals surface area contributed by atoms with Gasteiger partial charge in [0.05, 0.1) is 6.20 Å². The van der Waals surface area contributed by atoms with Crippen molar-refractivity contribution in [3.05, 3.63) is 54.2 Å². The Balaban J connectivity index is 1.39. The molecule has 140 valence electrons. The van der Waals surface area contributed by atoms with Gasteiger partial charge in [0, 0.05) is 57.2 Å². The van der Waals surface area contributed by atoms with E-state index >= 15 is 0 Å². The highest BCUT2D eigenvalue weighted by Gasteiger charge is 2.26. The van der Waals surface area contributed by atoms with Crippen molar-refractivity contribution in [1.29, 1.82) is 0 Å². The molecule has 0 unspecified atom stereocenters. The average molecular weight is 367 g/mol. The van der Waals surface area contributed by atoms with E-state index in [2.05, 4.69) is 15.1 Å². The Morgan fingerprint density at radius 1 is 1.30 bits per heavy atom. The second-order valence-electron chi connectivity index (χ2n) is 6.57. The van der Waals surface area contributed by atoms with Crippen LogP contribution in [0.25, 0.3) is 5.65 Å². The van der Waals surface area contributed by atoms with Crippen LogP contribution < -0.4 is 4.74 Å². The third-order valence-corrected chi connectivity index (χ3v) is 4.65. The number of fused-ring (bicyclic) bond motifs is 1. The van der Waals surface area contributed by atoms with Crippen LogP contribution in [0.2, 0.25) is 0 Å². The van der Waals surface area contributed by atoms with Gasteiger partial charge in [0.1, 0.15) is 11.9 Å². The van der Waals surface area contributed by atoms with Crippen molar-refractivity contribution >= 4 is 11.6 Å². The lowest BCUT2D eigenvalue weighted by molar-refractivity contribution is 0.0589. The molecule has 0 atom stereocenters. The number of hydrogen-bond donors (Lipinski definition) is 1. The number of likely N-dealkylation sites (tertiary alicyclic amines) is 1. The molecule has 1 fully saturated rings. The number of carbonyl (C=O) groups excluding carboxylic acids is 1. The second kappa shape index (κ2) is 7.71. The Morgan fingerprint density at radius 3 is 2.89 bits per heavy atom. The third-order valence-electron chi connectivity index (χ3n) is 4.65. The molecule has 1 amide bonds. The lowest BCUT2D eigenvalue weighted by Crippen LogP contribution is -2.42. The normalized spacial score (nSPS) is 15.2. The molecule has 0 aliphatic carbocycles. The minimum absolute atomic E-state index is 0.0519. The summed E-state index contributed by atoms with van der Waals surface area (Å²) in [5.74, 6) is 0.663. The molecule has 8 heteroatoms. The molecule has 1 aliphatic heterocycles. The first-order chi connectivity index (χ1) is 13.2. The summed E-state index contributed by atoms with van der Waals surface area (Å²) >= 11 is 0. The molecule has 0 saturated carbocycles. The van der Waals surface area contributed by atoms with Crippen LogP contribution in [-0.4, -0.2) is 61.3 Å². The zero-order valence-corrected chi connectivity index (χ0v) is 14.9. The fraction of sp³-hybridized carbons (Fsp3) is 0.368. The standard InChI is InChI=1S/C19H21N5O3/c25-9-5-14-11-21-18-10-17(22-24(18)13-14)19(26)23-7-3-15(4-8-23)27-16-2-1-6-20-12-16/h1-2,6,10-13,15,25H,3-5,7-9H2. The number of rotatable bonds is 5. The Bertz CT molecular complexity index is 919. The van der Waals surface area contributed by atoms with Gasteiger partial charge < -0.3 is 14.7 Å². The summed E-state index contributed by atoms with van der Waals surface area (Å²) in [7, 11) is 0. The number of pyridine rings is 1. The first kappa shape index (κ1) is 17.4. The van der Waals surface area contributed by atoms with E-state index in [4.69, 9.17) is 9.84 Å². The van der Waals surface area contributed by atoms with Gasteiger partial charge in [-0.1, -0.05) is 0 Å². The largest absolute Gasteiger partial charge is 0.489 e. The zero-order valence-electron chi connectivity index (χ0n) is 14.9. The van der Waals surface area contributed by atoms with Crippen molar-refractivity contribution < 1.29 is 14.6 Å². The minimum Gasteiger partial charge on any atom is -0.489 e. The number of aliphatic hydroxyl groups excluding tert-OH is 1. The predicted molar refractivity (Wildman–Crippen MR) is 97.6 cm³/mol. The zero-order chi connectivity index (χ0) is 18.6. The number of amides is 1. The third kappa shape index (κ3) is 3.90. The fourth-order valence-electron chi connectivity index (χ4n) is 3.23. The highest BCUT2D eigenvalue weighted by atomic mass is 16.5. The van der Waals surface area contributed by atoms with Crippen LogP contribution in [0.15, 0.2) is 43.0 Å². The number of piperidine rings is 1. The highest BCUT2D eigenvalue weighted by Crippen LogP contribution is 2.19. The fourth-order valence-corrected chi connectivity index (χ4v) is 3.23. The van der Waals surface area contributed by atoms with Crippen LogP contribution in [-0.2, 0) is 6.42 Å². The molecule has 27 heavy (non-hydrogen) atoms. The van der Waals surface area contributed by atoms with Crippen molar-refractivity contribution in [3.8, 4) is 5.75 Å². The van der Waals surface area contributed by atoms with E-state index in [9.17, 15) is 4.79 Å². The van der Waals surface area contributed by atoms with Crippen LogP contribution >= 0.6 is 0 Å². The van der Waals surface area contributed by atoms with Crippen LogP contribution in [0.1, 0.15) is 28.9 Å². The van der Waals surface area contributed by atoms with E-state index in [0.29, 0.717) is 30.9 Å². The molecule has 0 spiro atoms. The van der Waals surface area contributed by atoms with Gasteiger partial charge in [0.2, 0.25) is 0 Å². The Labute approximate surface area is 156 Å². The predicted octanol–water partition coefficient (Wildman–Crippen LogP) is 1.34. The number of aliphatic hydroxyl groups is 1. The maximum Gasteiger partial charge on any atom is 0.274 e. The van der Waals surface area contributed by atoms with Gasteiger partial charge in [-0.3, -0.25) is 9.78 Å².